The molecule has 0 saturated carbocycles. The van der Waals surface area contributed by atoms with Gasteiger partial charge in [-0.25, -0.2) is 0 Å². The summed E-state index contributed by atoms with van der Waals surface area (Å²) in [6.07, 6.45) is 34.9. The maximum absolute atomic E-state index is 7.29. The lowest BCUT2D eigenvalue weighted by atomic mass is 9.56. The average Bonchev–Trinajstić information content (AvgIpc) is 3.55. The van der Waals surface area contributed by atoms with Crippen LogP contribution in [-0.2, 0) is 16.6 Å². The van der Waals surface area contributed by atoms with E-state index in [1.54, 1.807) is 0 Å². The number of aromatic nitrogens is 1. The van der Waals surface area contributed by atoms with Crippen molar-refractivity contribution < 1.29 is 9.47 Å². The topological polar surface area (TPSA) is 23.4 Å². The van der Waals surface area contributed by atoms with Crippen LogP contribution in [0.5, 0.6) is 5.75 Å². The number of aryl methyl sites for hydroxylation is 1. The lowest BCUT2D eigenvalue weighted by Crippen LogP contribution is -2.47. The first-order valence-corrected chi connectivity index (χ1v) is 19.2. The number of benzene rings is 3. The van der Waals surface area contributed by atoms with E-state index in [2.05, 4.69) is 150 Å². The summed E-state index contributed by atoms with van der Waals surface area (Å²) in [7, 11) is 0. The van der Waals surface area contributed by atoms with Gasteiger partial charge in [0, 0.05) is 58.2 Å². The Balaban J connectivity index is 1.11. The summed E-state index contributed by atoms with van der Waals surface area (Å²) in [6, 6.07) is 26.8. The van der Waals surface area contributed by atoms with Gasteiger partial charge in [-0.3, -0.25) is 0 Å². The van der Waals surface area contributed by atoms with Gasteiger partial charge in [0.05, 0.1) is 10.9 Å². The summed E-state index contributed by atoms with van der Waals surface area (Å²) in [4.78, 5) is 0. The molecule has 0 saturated heterocycles. The molecule has 1 spiro atoms. The fraction of sp³-hybridized carbons (Fsp3) is 0.224. The van der Waals surface area contributed by atoms with E-state index in [1.807, 2.05) is 0 Å². The fourth-order valence-electron chi connectivity index (χ4n) is 10.2. The lowest BCUT2D eigenvalue weighted by molar-refractivity contribution is 0.101. The van der Waals surface area contributed by atoms with Crippen molar-refractivity contribution in [2.45, 2.75) is 62.4 Å². The highest BCUT2D eigenvalue weighted by Gasteiger charge is 2.56. The largest absolute Gasteiger partial charge is 0.489 e. The first-order chi connectivity index (χ1) is 25.8. The van der Waals surface area contributed by atoms with E-state index < -0.39 is 5.41 Å². The molecule has 3 heteroatoms. The third-order valence-electron chi connectivity index (χ3n) is 12.5. The van der Waals surface area contributed by atoms with E-state index >= 15 is 0 Å². The first-order valence-electron chi connectivity index (χ1n) is 19.2. The second-order valence-corrected chi connectivity index (χ2v) is 15.2. The van der Waals surface area contributed by atoms with Crippen LogP contribution < -0.4 is 4.74 Å². The van der Waals surface area contributed by atoms with Crippen molar-refractivity contribution in [1.82, 2.24) is 4.57 Å². The zero-order chi connectivity index (χ0) is 34.2. The molecule has 2 aliphatic heterocycles. The van der Waals surface area contributed by atoms with E-state index in [1.165, 1.54) is 61.3 Å². The van der Waals surface area contributed by atoms with Crippen LogP contribution in [0.1, 0.15) is 66.8 Å². The van der Waals surface area contributed by atoms with Crippen LogP contribution in [0.25, 0.3) is 22.7 Å². The minimum atomic E-state index is -0.491. The smallest absolute Gasteiger partial charge is 0.131 e. The Morgan fingerprint density at radius 3 is 2.56 bits per heavy atom. The van der Waals surface area contributed by atoms with Crippen LogP contribution in [0.2, 0.25) is 0 Å². The summed E-state index contributed by atoms with van der Waals surface area (Å²) in [5.41, 5.74) is 12.7. The fourth-order valence-corrected chi connectivity index (χ4v) is 10.2. The normalized spacial score (nSPS) is 26.6. The number of fused-ring (bicyclic) bond motifs is 9. The van der Waals surface area contributed by atoms with Gasteiger partial charge in [-0.2, -0.15) is 0 Å². The molecule has 3 nitrogen and oxygen atoms in total. The molecular weight excluding hydrogens is 635 g/mol. The quantitative estimate of drug-likeness (QED) is 0.216. The van der Waals surface area contributed by atoms with E-state index in [0.29, 0.717) is 5.92 Å². The molecule has 0 N–H and O–H groups in total. The van der Waals surface area contributed by atoms with Gasteiger partial charge in [-0.1, -0.05) is 115 Å². The second kappa shape index (κ2) is 11.7. The monoisotopic (exact) mass is 675 g/mol. The molecule has 254 valence electrons. The predicted molar refractivity (Wildman–Crippen MR) is 210 cm³/mol. The summed E-state index contributed by atoms with van der Waals surface area (Å²) < 4.78 is 16.7. The molecule has 0 amide bonds. The van der Waals surface area contributed by atoms with Crippen LogP contribution >= 0.6 is 0 Å². The van der Waals surface area contributed by atoms with Crippen LogP contribution in [0.15, 0.2) is 173 Å². The molecule has 4 atom stereocenters. The second-order valence-electron chi connectivity index (χ2n) is 15.2. The molecule has 5 aliphatic carbocycles. The van der Waals surface area contributed by atoms with Gasteiger partial charge >= 0.3 is 0 Å². The summed E-state index contributed by atoms with van der Waals surface area (Å²) in [6.45, 7) is 0. The highest BCUT2D eigenvalue weighted by Crippen LogP contribution is 2.62. The van der Waals surface area contributed by atoms with Gasteiger partial charge in [0.25, 0.3) is 0 Å². The molecule has 0 fully saturated rings. The zero-order valence-electron chi connectivity index (χ0n) is 29.3. The molecule has 7 aliphatic rings. The molecule has 52 heavy (non-hydrogen) atoms. The number of allylic oxidation sites excluding steroid dienone is 15. The Labute approximate surface area is 305 Å². The zero-order valence-corrected chi connectivity index (χ0v) is 29.3. The Hall–Kier alpha value is -5.54. The van der Waals surface area contributed by atoms with Gasteiger partial charge in [-0.05, 0) is 85.2 Å². The van der Waals surface area contributed by atoms with E-state index in [4.69, 9.17) is 9.47 Å². The maximum Gasteiger partial charge on any atom is 0.131 e. The Morgan fingerprint density at radius 2 is 1.63 bits per heavy atom. The van der Waals surface area contributed by atoms with E-state index in [-0.39, 0.29) is 12.0 Å². The van der Waals surface area contributed by atoms with Crippen molar-refractivity contribution >= 4 is 17.0 Å². The number of nitrogens with zero attached hydrogens (tertiary/aromatic N) is 1. The van der Waals surface area contributed by atoms with Gasteiger partial charge in [0.1, 0.15) is 23.4 Å². The standard InChI is InChI=1S/C49H41NO2/c1-3-14-32(15-4-1)33-26-28-41-47(31-33)51-45-24-11-8-20-39(45)49(41)40-21-9-12-25-46(40)52-48-36(19-13-22-42(48)49)34-27-29-44-38(30-34)37-18-7-10-23-43(37)50(44)35-16-5-2-6-17-35/h1-3,5-6,8-14,16-17,20-24,26-30,33,36,46H,4,7,15,18-19,25,31H2. The van der Waals surface area contributed by atoms with Gasteiger partial charge in [-0.15, -0.1) is 0 Å². The molecule has 4 aromatic rings. The maximum atomic E-state index is 7.29. The number of rotatable bonds is 3. The summed E-state index contributed by atoms with van der Waals surface area (Å²) in [5, 5.41) is 1.36. The van der Waals surface area contributed by atoms with Gasteiger partial charge in [0.15, 0.2) is 0 Å². The molecule has 11 rings (SSSR count). The first kappa shape index (κ1) is 30.1. The number of hydrogen-bond donors (Lipinski definition) is 0. The number of ether oxygens (including phenoxy) is 2. The van der Waals surface area contributed by atoms with Crippen LogP contribution in [0.4, 0.5) is 0 Å². The van der Waals surface area contributed by atoms with Gasteiger partial charge in [0.2, 0.25) is 0 Å². The third-order valence-corrected chi connectivity index (χ3v) is 12.5. The predicted octanol–water partition coefficient (Wildman–Crippen LogP) is 11.6. The van der Waals surface area contributed by atoms with Crippen LogP contribution in [0, 0.1) is 5.92 Å². The Kier molecular flexibility index (Phi) is 6.80. The highest BCUT2D eigenvalue weighted by molar-refractivity contribution is 5.91. The molecule has 0 bridgehead atoms. The molecule has 0 radical (unpaired) electrons. The molecule has 1 aromatic heterocycles. The van der Waals surface area contributed by atoms with Crippen LogP contribution in [0.3, 0.4) is 0 Å². The lowest BCUT2D eigenvalue weighted by Gasteiger charge is -2.52. The molecule has 3 aromatic carbocycles. The van der Waals surface area contributed by atoms with Crippen molar-refractivity contribution in [1.29, 1.82) is 0 Å². The number of para-hydroxylation sites is 2. The van der Waals surface area contributed by atoms with E-state index in [9.17, 15) is 0 Å². The minimum Gasteiger partial charge on any atom is -0.489 e. The molecule has 4 unspecified atom stereocenters. The van der Waals surface area contributed by atoms with Crippen molar-refractivity contribution in [3.05, 3.63) is 196 Å². The Morgan fingerprint density at radius 1 is 0.750 bits per heavy atom. The number of hydrogen-bond acceptors (Lipinski definition) is 2. The van der Waals surface area contributed by atoms with E-state index in [0.717, 1.165) is 62.2 Å². The highest BCUT2D eigenvalue weighted by atomic mass is 16.5. The van der Waals surface area contributed by atoms with Gasteiger partial charge < -0.3 is 14.0 Å². The molecular formula is C49H41NO2. The Bertz CT molecular complexity index is 2450. The SMILES string of the molecule is C1=CCCC(C2C=CC3=C(C2)Oc2ccccc2C32C3=CC=CCC3OC3=C2C=CCC3c2ccc3c(c2)c2c(n3-c3ccccc3)C=CCC2)=C1. The summed E-state index contributed by atoms with van der Waals surface area (Å²) >= 11 is 0. The summed E-state index contributed by atoms with van der Waals surface area (Å²) in [5.74, 6) is 3.65. The molecule has 3 heterocycles. The third kappa shape index (κ3) is 4.32. The van der Waals surface area contributed by atoms with Crippen molar-refractivity contribution in [2.75, 3.05) is 0 Å². The van der Waals surface area contributed by atoms with Crippen LogP contribution in [-0.4, -0.2) is 10.7 Å². The van der Waals surface area contributed by atoms with Crippen molar-refractivity contribution in [2.24, 2.45) is 5.92 Å². The van der Waals surface area contributed by atoms with Crippen molar-refractivity contribution in [3.8, 4) is 11.4 Å². The minimum absolute atomic E-state index is 0.0456. The van der Waals surface area contributed by atoms with Crippen molar-refractivity contribution in [3.63, 3.8) is 0 Å². The average molecular weight is 676 g/mol.